The lowest BCUT2D eigenvalue weighted by molar-refractivity contribution is -0.137. The molecule has 0 fully saturated rings. The van der Waals surface area contributed by atoms with Crippen LogP contribution in [0.2, 0.25) is 0 Å². The molecule has 1 aromatic carbocycles. The van der Waals surface area contributed by atoms with Crippen molar-refractivity contribution in [2.45, 2.75) is 26.4 Å². The average Bonchev–Trinajstić information content (AvgIpc) is 2.36. The molecule has 0 saturated heterocycles. The Balaban J connectivity index is 3.03. The molecule has 2 N–H and O–H groups in total. The normalized spacial score (nSPS) is 15.2. The molecule has 1 atom stereocenters. The summed E-state index contributed by atoms with van der Waals surface area (Å²) < 4.78 is 37.1. The van der Waals surface area contributed by atoms with Crippen LogP contribution in [0.15, 0.2) is 24.3 Å². The van der Waals surface area contributed by atoms with E-state index in [-0.39, 0.29) is 17.9 Å². The third kappa shape index (κ3) is 2.90. The lowest BCUT2D eigenvalue weighted by Crippen LogP contribution is -2.35. The second kappa shape index (κ2) is 5.10. The smallest absolute Gasteiger partial charge is 0.329 e. The van der Waals surface area contributed by atoms with E-state index in [0.29, 0.717) is 6.42 Å². The topological polar surface area (TPSA) is 43.1 Å². The fraction of sp³-hybridized carbons (Fsp3) is 0.462. The average molecular weight is 259 g/mol. The van der Waals surface area contributed by atoms with Crippen molar-refractivity contribution in [1.82, 2.24) is 0 Å². The van der Waals surface area contributed by atoms with Gasteiger partial charge in [-0.05, 0) is 18.6 Å². The Hall–Kier alpha value is -1.36. The van der Waals surface area contributed by atoms with Gasteiger partial charge in [-0.3, -0.25) is 4.79 Å². The highest BCUT2D eigenvalue weighted by atomic mass is 19.4. The molecule has 0 amide bonds. The molecule has 1 unspecified atom stereocenters. The van der Waals surface area contributed by atoms with E-state index in [2.05, 4.69) is 0 Å². The minimum atomic E-state index is -4.39. The van der Waals surface area contributed by atoms with Crippen LogP contribution in [0.1, 0.15) is 36.2 Å². The minimum Gasteiger partial charge on any atom is -0.329 e. The molecule has 100 valence electrons. The molecule has 0 bridgehead atoms. The quantitative estimate of drug-likeness (QED) is 0.843. The number of alkyl halides is 3. The summed E-state index contributed by atoms with van der Waals surface area (Å²) in [6.07, 6.45) is -3.84. The first-order valence-electron chi connectivity index (χ1n) is 5.66. The number of hydrogen-bond acceptors (Lipinski definition) is 2. The predicted molar refractivity (Wildman–Crippen MR) is 63.2 cm³/mol. The zero-order valence-electron chi connectivity index (χ0n) is 10.3. The summed E-state index contributed by atoms with van der Waals surface area (Å²) in [7, 11) is 0. The van der Waals surface area contributed by atoms with Gasteiger partial charge in [0.05, 0.1) is 5.56 Å². The van der Waals surface area contributed by atoms with Gasteiger partial charge in [0.1, 0.15) is 0 Å². The largest absolute Gasteiger partial charge is 0.416 e. The molecule has 0 aliphatic rings. The first-order chi connectivity index (χ1) is 8.24. The van der Waals surface area contributed by atoms with Crippen molar-refractivity contribution >= 4 is 5.78 Å². The monoisotopic (exact) mass is 259 g/mol. The molecule has 5 heteroatoms. The Morgan fingerprint density at radius 3 is 2.06 bits per heavy atom. The molecule has 0 saturated carbocycles. The highest BCUT2D eigenvalue weighted by Gasteiger charge is 2.33. The van der Waals surface area contributed by atoms with Crippen LogP contribution in [0, 0.1) is 5.41 Å². The lowest BCUT2D eigenvalue weighted by Gasteiger charge is -2.24. The number of halogens is 3. The molecule has 0 heterocycles. The van der Waals surface area contributed by atoms with Gasteiger partial charge in [-0.1, -0.05) is 26.0 Å². The third-order valence-electron chi connectivity index (χ3n) is 3.25. The predicted octanol–water partition coefficient (Wildman–Crippen LogP) is 3.26. The molecule has 0 spiro atoms. The number of ketones is 1. The van der Waals surface area contributed by atoms with Crippen molar-refractivity contribution in [3.05, 3.63) is 35.4 Å². The van der Waals surface area contributed by atoms with Gasteiger partial charge in [0.2, 0.25) is 0 Å². The van der Waals surface area contributed by atoms with Crippen molar-refractivity contribution < 1.29 is 18.0 Å². The fourth-order valence-corrected chi connectivity index (χ4v) is 1.56. The van der Waals surface area contributed by atoms with Crippen LogP contribution in [0.4, 0.5) is 13.2 Å². The number of Topliss-reactive ketones (excluding diaryl/α,β-unsaturated/α-hetero) is 1. The van der Waals surface area contributed by atoms with Crippen LogP contribution in [-0.2, 0) is 6.18 Å². The summed E-state index contributed by atoms with van der Waals surface area (Å²) in [5.41, 5.74) is 4.33. The van der Waals surface area contributed by atoms with Crippen LogP contribution in [0.5, 0.6) is 0 Å². The number of rotatable bonds is 4. The second-order valence-corrected chi connectivity index (χ2v) is 4.52. The van der Waals surface area contributed by atoms with Crippen molar-refractivity contribution in [2.24, 2.45) is 11.1 Å². The van der Waals surface area contributed by atoms with Gasteiger partial charge in [-0.15, -0.1) is 0 Å². The van der Waals surface area contributed by atoms with Gasteiger partial charge >= 0.3 is 6.18 Å². The molecule has 0 aromatic heterocycles. The zero-order valence-corrected chi connectivity index (χ0v) is 10.3. The van der Waals surface area contributed by atoms with E-state index in [0.717, 1.165) is 12.1 Å². The Morgan fingerprint density at radius 2 is 1.72 bits per heavy atom. The van der Waals surface area contributed by atoms with Crippen LogP contribution >= 0.6 is 0 Å². The molecule has 2 nitrogen and oxygen atoms in total. The van der Waals surface area contributed by atoms with E-state index in [9.17, 15) is 18.0 Å². The maximum Gasteiger partial charge on any atom is 0.416 e. The van der Waals surface area contributed by atoms with E-state index >= 15 is 0 Å². The summed E-state index contributed by atoms with van der Waals surface area (Å²) in [6.45, 7) is 3.71. The van der Waals surface area contributed by atoms with Crippen LogP contribution in [0.3, 0.4) is 0 Å². The molecule has 0 radical (unpaired) electrons. The summed E-state index contributed by atoms with van der Waals surface area (Å²) in [5.74, 6) is -0.221. The first-order valence-corrected chi connectivity index (χ1v) is 5.66. The molecule has 18 heavy (non-hydrogen) atoms. The molecular weight excluding hydrogens is 243 g/mol. The van der Waals surface area contributed by atoms with Crippen molar-refractivity contribution in [1.29, 1.82) is 0 Å². The Morgan fingerprint density at radius 1 is 1.22 bits per heavy atom. The van der Waals surface area contributed by atoms with E-state index in [1.54, 1.807) is 6.92 Å². The highest BCUT2D eigenvalue weighted by Crippen LogP contribution is 2.31. The Bertz CT molecular complexity index is 419. The van der Waals surface area contributed by atoms with Gasteiger partial charge < -0.3 is 5.73 Å². The maximum atomic E-state index is 12.4. The van der Waals surface area contributed by atoms with Crippen molar-refractivity contribution in [3.63, 3.8) is 0 Å². The van der Waals surface area contributed by atoms with E-state index < -0.39 is 17.2 Å². The molecule has 0 aliphatic heterocycles. The van der Waals surface area contributed by atoms with Crippen LogP contribution in [-0.4, -0.2) is 12.3 Å². The number of benzene rings is 1. The zero-order chi connectivity index (χ0) is 14.0. The lowest BCUT2D eigenvalue weighted by atomic mass is 9.80. The standard InChI is InChI=1S/C13H16F3NO/c1-3-12(2,8-17)11(18)9-4-6-10(7-5-9)13(14,15)16/h4-7H,3,8,17H2,1-2H3. The Kier molecular flexibility index (Phi) is 4.16. The summed E-state index contributed by atoms with van der Waals surface area (Å²) in [5, 5.41) is 0. The van der Waals surface area contributed by atoms with E-state index in [4.69, 9.17) is 5.73 Å². The van der Waals surface area contributed by atoms with Gasteiger partial charge in [-0.2, -0.15) is 13.2 Å². The van der Waals surface area contributed by atoms with Gasteiger partial charge in [0, 0.05) is 17.5 Å². The molecule has 0 aliphatic carbocycles. The van der Waals surface area contributed by atoms with E-state index in [1.165, 1.54) is 12.1 Å². The summed E-state index contributed by atoms with van der Waals surface area (Å²) >= 11 is 0. The van der Waals surface area contributed by atoms with Gasteiger partial charge in [0.25, 0.3) is 0 Å². The highest BCUT2D eigenvalue weighted by molar-refractivity contribution is 6.00. The fourth-order valence-electron chi connectivity index (χ4n) is 1.56. The SMILES string of the molecule is CCC(C)(CN)C(=O)c1ccc(C(F)(F)F)cc1. The minimum absolute atomic E-state index is 0.170. The molecule has 1 rings (SSSR count). The van der Waals surface area contributed by atoms with Crippen LogP contribution < -0.4 is 5.73 Å². The summed E-state index contributed by atoms with van der Waals surface area (Å²) in [6, 6.07) is 4.24. The van der Waals surface area contributed by atoms with Crippen LogP contribution in [0.25, 0.3) is 0 Å². The first kappa shape index (κ1) is 14.7. The number of nitrogens with two attached hydrogens (primary N) is 1. The maximum absolute atomic E-state index is 12.4. The van der Waals surface area contributed by atoms with E-state index in [1.807, 2.05) is 6.92 Å². The van der Waals surface area contributed by atoms with Crippen molar-refractivity contribution in [3.8, 4) is 0 Å². The molecular formula is C13H16F3NO. The number of hydrogen-bond donors (Lipinski definition) is 1. The van der Waals surface area contributed by atoms with Gasteiger partial charge in [0.15, 0.2) is 5.78 Å². The third-order valence-corrected chi connectivity index (χ3v) is 3.25. The summed E-state index contributed by atoms with van der Waals surface area (Å²) in [4.78, 5) is 12.1. The second-order valence-electron chi connectivity index (χ2n) is 4.52. The number of carbonyl (C=O) groups is 1. The molecule has 1 aromatic rings. The number of carbonyl (C=O) groups excluding carboxylic acids is 1. The van der Waals surface area contributed by atoms with Crippen molar-refractivity contribution in [2.75, 3.05) is 6.54 Å². The Labute approximate surface area is 104 Å². The van der Waals surface area contributed by atoms with Gasteiger partial charge in [-0.25, -0.2) is 0 Å².